The number of nitrogens with zero attached hydrogens (tertiary/aromatic N) is 2. The van der Waals surface area contributed by atoms with Crippen LogP contribution in [0.15, 0.2) is 23.1 Å². The van der Waals surface area contributed by atoms with E-state index in [1.807, 2.05) is 6.92 Å². The van der Waals surface area contributed by atoms with E-state index in [-0.39, 0.29) is 42.2 Å². The SMILES string of the molecule is COCC#Cc1ccc2c(c1)O[C@@H](CN(C)C(C)=O)[C@@H](C)CN([C@@H](C)CO)S2(=O)=O. The van der Waals surface area contributed by atoms with Gasteiger partial charge in [0.15, 0.2) is 0 Å². The van der Waals surface area contributed by atoms with Crippen molar-refractivity contribution in [2.45, 2.75) is 37.8 Å². The molecule has 30 heavy (non-hydrogen) atoms. The number of carbonyl (C=O) groups is 1. The maximum atomic E-state index is 13.3. The van der Waals surface area contributed by atoms with E-state index in [1.54, 1.807) is 38.1 Å². The van der Waals surface area contributed by atoms with Crippen LogP contribution in [-0.2, 0) is 19.6 Å². The van der Waals surface area contributed by atoms with Gasteiger partial charge >= 0.3 is 0 Å². The molecule has 0 spiro atoms. The molecule has 2 rings (SSSR count). The highest BCUT2D eigenvalue weighted by atomic mass is 32.2. The molecule has 1 aromatic carbocycles. The Labute approximate surface area is 178 Å². The first-order valence-corrected chi connectivity index (χ1v) is 11.2. The third kappa shape index (κ3) is 5.52. The Hall–Kier alpha value is -2.12. The van der Waals surface area contributed by atoms with Crippen molar-refractivity contribution in [2.75, 3.05) is 40.5 Å². The molecule has 166 valence electrons. The molecule has 0 fully saturated rings. The Balaban J connectivity index is 2.57. The Morgan fingerprint density at radius 1 is 1.47 bits per heavy atom. The number of aliphatic hydroxyl groups excluding tert-OH is 1. The Bertz CT molecular complexity index is 921. The molecule has 1 N–H and O–H groups in total. The van der Waals surface area contributed by atoms with E-state index >= 15 is 0 Å². The molecule has 0 bridgehead atoms. The molecule has 1 aromatic rings. The van der Waals surface area contributed by atoms with Gasteiger partial charge in [-0.1, -0.05) is 18.8 Å². The van der Waals surface area contributed by atoms with Gasteiger partial charge in [-0.15, -0.1) is 0 Å². The van der Waals surface area contributed by atoms with E-state index in [0.717, 1.165) is 0 Å². The van der Waals surface area contributed by atoms with E-state index in [9.17, 15) is 18.3 Å². The first-order chi connectivity index (χ1) is 14.1. The van der Waals surface area contributed by atoms with Gasteiger partial charge in [-0.05, 0) is 25.1 Å². The maximum absolute atomic E-state index is 13.3. The number of benzene rings is 1. The number of methoxy groups -OCH3 is 1. The van der Waals surface area contributed by atoms with Crippen molar-refractivity contribution in [1.82, 2.24) is 9.21 Å². The Kier molecular flexibility index (Phi) is 8.26. The lowest BCUT2D eigenvalue weighted by atomic mass is 10.0. The highest BCUT2D eigenvalue weighted by Gasteiger charge is 2.38. The second-order valence-corrected chi connectivity index (χ2v) is 9.39. The van der Waals surface area contributed by atoms with E-state index in [1.165, 1.54) is 17.3 Å². The predicted octanol–water partition coefficient (Wildman–Crippen LogP) is 0.931. The summed E-state index contributed by atoms with van der Waals surface area (Å²) in [6, 6.07) is 4.08. The van der Waals surface area contributed by atoms with Crippen LogP contribution in [0.25, 0.3) is 0 Å². The number of ether oxygens (including phenoxy) is 2. The van der Waals surface area contributed by atoms with E-state index in [0.29, 0.717) is 12.1 Å². The van der Waals surface area contributed by atoms with E-state index < -0.39 is 22.2 Å². The number of carbonyl (C=O) groups excluding carboxylic acids is 1. The molecule has 0 aromatic heterocycles. The van der Waals surface area contributed by atoms with Crippen LogP contribution in [0.1, 0.15) is 26.3 Å². The first kappa shape index (κ1) is 24.2. The summed E-state index contributed by atoms with van der Waals surface area (Å²) in [6.07, 6.45) is -0.441. The molecule has 1 aliphatic heterocycles. The molecule has 0 aliphatic carbocycles. The lowest BCUT2D eigenvalue weighted by Gasteiger charge is -2.37. The van der Waals surface area contributed by atoms with Crippen LogP contribution in [0, 0.1) is 17.8 Å². The van der Waals surface area contributed by atoms with Gasteiger partial charge in [0.1, 0.15) is 23.4 Å². The van der Waals surface area contributed by atoms with Crippen molar-refractivity contribution < 1.29 is 27.8 Å². The minimum Gasteiger partial charge on any atom is -0.487 e. The number of hydrogen-bond acceptors (Lipinski definition) is 6. The highest BCUT2D eigenvalue weighted by molar-refractivity contribution is 7.89. The minimum absolute atomic E-state index is 0.0162. The summed E-state index contributed by atoms with van der Waals surface area (Å²) >= 11 is 0. The fourth-order valence-electron chi connectivity index (χ4n) is 3.13. The summed E-state index contributed by atoms with van der Waals surface area (Å²) in [5.41, 5.74) is 0.592. The zero-order valence-corrected chi connectivity index (χ0v) is 18.9. The lowest BCUT2D eigenvalue weighted by Crippen LogP contribution is -2.50. The highest BCUT2D eigenvalue weighted by Crippen LogP contribution is 2.34. The van der Waals surface area contributed by atoms with Gasteiger partial charge in [0.05, 0.1) is 13.2 Å². The number of sulfonamides is 1. The average molecular weight is 439 g/mol. The normalized spacial score (nSPS) is 21.8. The summed E-state index contributed by atoms with van der Waals surface area (Å²) in [5.74, 6) is 5.60. The van der Waals surface area contributed by atoms with Gasteiger partial charge in [0.25, 0.3) is 0 Å². The quantitative estimate of drug-likeness (QED) is 0.687. The Morgan fingerprint density at radius 2 is 2.17 bits per heavy atom. The minimum atomic E-state index is -3.90. The third-order valence-corrected chi connectivity index (χ3v) is 7.13. The summed E-state index contributed by atoms with van der Waals surface area (Å²) in [5, 5.41) is 9.64. The van der Waals surface area contributed by atoms with Crippen LogP contribution < -0.4 is 4.74 Å². The largest absolute Gasteiger partial charge is 0.487 e. The summed E-state index contributed by atoms with van der Waals surface area (Å²) < 4.78 is 39.1. The number of hydrogen-bond donors (Lipinski definition) is 1. The van der Waals surface area contributed by atoms with Crippen LogP contribution in [0.4, 0.5) is 0 Å². The van der Waals surface area contributed by atoms with E-state index in [4.69, 9.17) is 9.47 Å². The van der Waals surface area contributed by atoms with Crippen LogP contribution in [0.3, 0.4) is 0 Å². The Morgan fingerprint density at radius 3 is 2.77 bits per heavy atom. The smallest absolute Gasteiger partial charge is 0.247 e. The molecule has 1 heterocycles. The number of rotatable bonds is 5. The molecule has 0 radical (unpaired) electrons. The van der Waals surface area contributed by atoms with Gasteiger partial charge < -0.3 is 19.5 Å². The number of aliphatic hydroxyl groups is 1. The van der Waals surface area contributed by atoms with Crippen molar-refractivity contribution in [3.8, 4) is 17.6 Å². The predicted molar refractivity (Wildman–Crippen MR) is 113 cm³/mol. The monoisotopic (exact) mass is 438 g/mol. The summed E-state index contributed by atoms with van der Waals surface area (Å²) in [4.78, 5) is 13.3. The molecule has 1 aliphatic rings. The molecule has 1 amide bonds. The zero-order valence-electron chi connectivity index (χ0n) is 18.1. The average Bonchev–Trinajstić information content (AvgIpc) is 2.70. The molecular weight excluding hydrogens is 408 g/mol. The molecule has 0 unspecified atom stereocenters. The van der Waals surface area contributed by atoms with Gasteiger partial charge in [-0.3, -0.25) is 4.79 Å². The number of fused-ring (bicyclic) bond motifs is 1. The second kappa shape index (κ2) is 10.3. The van der Waals surface area contributed by atoms with Crippen molar-refractivity contribution in [3.63, 3.8) is 0 Å². The summed E-state index contributed by atoms with van der Waals surface area (Å²) in [7, 11) is -0.685. The number of likely N-dealkylation sites (N-methyl/N-ethyl adjacent to an activating group) is 1. The molecule has 9 heteroatoms. The van der Waals surface area contributed by atoms with Gasteiger partial charge in [-0.25, -0.2) is 8.42 Å². The molecule has 0 saturated carbocycles. The maximum Gasteiger partial charge on any atom is 0.247 e. The zero-order chi connectivity index (χ0) is 22.5. The topological polar surface area (TPSA) is 96.4 Å². The van der Waals surface area contributed by atoms with Crippen LogP contribution in [0.2, 0.25) is 0 Å². The van der Waals surface area contributed by atoms with Crippen molar-refractivity contribution in [1.29, 1.82) is 0 Å². The molecule has 0 saturated heterocycles. The van der Waals surface area contributed by atoms with Crippen molar-refractivity contribution in [2.24, 2.45) is 5.92 Å². The molecular formula is C21H30N2O6S. The fourth-order valence-corrected chi connectivity index (χ4v) is 4.96. The number of amides is 1. The van der Waals surface area contributed by atoms with Crippen LogP contribution in [0.5, 0.6) is 5.75 Å². The molecule has 8 nitrogen and oxygen atoms in total. The van der Waals surface area contributed by atoms with Gasteiger partial charge in [0, 0.05) is 45.1 Å². The summed E-state index contributed by atoms with van der Waals surface area (Å²) in [6.45, 7) is 5.41. The third-order valence-electron chi connectivity index (χ3n) is 5.11. The lowest BCUT2D eigenvalue weighted by molar-refractivity contribution is -0.129. The van der Waals surface area contributed by atoms with Gasteiger partial charge in [-0.2, -0.15) is 4.31 Å². The molecule has 3 atom stereocenters. The fraction of sp³-hybridized carbons (Fsp3) is 0.571. The van der Waals surface area contributed by atoms with Gasteiger partial charge in [0.2, 0.25) is 15.9 Å². The van der Waals surface area contributed by atoms with E-state index in [2.05, 4.69) is 11.8 Å². The van der Waals surface area contributed by atoms with Crippen molar-refractivity contribution in [3.05, 3.63) is 23.8 Å². The van der Waals surface area contributed by atoms with Crippen LogP contribution >= 0.6 is 0 Å². The van der Waals surface area contributed by atoms with Crippen molar-refractivity contribution >= 4 is 15.9 Å². The van der Waals surface area contributed by atoms with Crippen LogP contribution in [-0.4, -0.2) is 81.2 Å². The standard InChI is InChI=1S/C21H30N2O6S/c1-15-12-23(16(2)14-24)30(26,27)21-9-8-18(7-6-10-28-5)11-19(21)29-20(15)13-22(4)17(3)25/h8-9,11,15-16,20,24H,10,12-14H2,1-5H3/t15-,16-,20-/m0/s1. The second-order valence-electron chi connectivity index (χ2n) is 7.54. The first-order valence-electron chi connectivity index (χ1n) is 9.74.